The number of aryl methyl sites for hydroxylation is 1. The van der Waals surface area contributed by atoms with E-state index in [-0.39, 0.29) is 0 Å². The van der Waals surface area contributed by atoms with Crippen LogP contribution in [0.4, 0.5) is 0 Å². The lowest BCUT2D eigenvalue weighted by molar-refractivity contribution is 1.05. The monoisotopic (exact) mass is 369 g/mol. The Hall–Kier alpha value is -3.17. The minimum Gasteiger partial charge on any atom is -0.294 e. The van der Waals surface area contributed by atoms with Crippen molar-refractivity contribution in [3.63, 3.8) is 0 Å². The highest BCUT2D eigenvalue weighted by molar-refractivity contribution is 6.36. The fraction of sp³-hybridized carbons (Fsp3) is 0.0435. The molecule has 27 heavy (non-hydrogen) atoms. The van der Waals surface area contributed by atoms with Crippen LogP contribution >= 0.6 is 11.6 Å². The van der Waals surface area contributed by atoms with Gasteiger partial charge in [0.15, 0.2) is 5.65 Å². The van der Waals surface area contributed by atoms with E-state index >= 15 is 0 Å². The first-order chi connectivity index (χ1) is 13.2. The van der Waals surface area contributed by atoms with Gasteiger partial charge in [-0.15, -0.1) is 0 Å². The Morgan fingerprint density at radius 3 is 2.22 bits per heavy atom. The topological polar surface area (TPSA) is 30.7 Å². The largest absolute Gasteiger partial charge is 0.294 e. The van der Waals surface area contributed by atoms with Crippen LogP contribution in [0.15, 0.2) is 78.9 Å². The van der Waals surface area contributed by atoms with Gasteiger partial charge in [-0.2, -0.15) is 0 Å². The van der Waals surface area contributed by atoms with Gasteiger partial charge in [-0.3, -0.25) is 4.57 Å². The number of rotatable bonds is 2. The molecule has 4 heteroatoms. The van der Waals surface area contributed by atoms with Gasteiger partial charge in [-0.05, 0) is 42.3 Å². The predicted octanol–water partition coefficient (Wildman–Crippen LogP) is 6.20. The second kappa shape index (κ2) is 6.22. The smallest absolute Gasteiger partial charge is 0.150 e. The van der Waals surface area contributed by atoms with Crippen LogP contribution in [-0.2, 0) is 0 Å². The quantitative estimate of drug-likeness (QED) is 0.347. The van der Waals surface area contributed by atoms with E-state index in [2.05, 4.69) is 52.0 Å². The highest BCUT2D eigenvalue weighted by atomic mass is 35.5. The summed E-state index contributed by atoms with van der Waals surface area (Å²) in [4.78, 5) is 9.12. The number of halogens is 1. The van der Waals surface area contributed by atoms with E-state index in [1.165, 1.54) is 5.56 Å². The third-order valence-electron chi connectivity index (χ3n) is 4.80. The highest BCUT2D eigenvalue weighted by Gasteiger charge is 2.18. The normalized spacial score (nSPS) is 11.3. The summed E-state index contributed by atoms with van der Waals surface area (Å²) in [6.45, 7) is 1.87. The molecule has 0 fully saturated rings. The Kier molecular flexibility index (Phi) is 3.69. The average molecular weight is 370 g/mol. The van der Waals surface area contributed by atoms with E-state index in [1.807, 2.05) is 43.3 Å². The molecular formula is C23H16ClN3. The maximum atomic E-state index is 6.58. The number of aromatic nitrogens is 3. The Morgan fingerprint density at radius 1 is 0.778 bits per heavy atom. The van der Waals surface area contributed by atoms with Crippen molar-refractivity contribution in [3.8, 4) is 16.8 Å². The van der Waals surface area contributed by atoms with Crippen LogP contribution in [0, 0.1) is 6.92 Å². The van der Waals surface area contributed by atoms with Crippen molar-refractivity contribution >= 4 is 33.5 Å². The molecule has 3 aromatic carbocycles. The molecule has 0 aliphatic rings. The SMILES string of the molecule is Cc1nc(Cl)c2c3cc(-c4ccccc4)ccc3n(-c3ccccc3)c2n1. The zero-order valence-corrected chi connectivity index (χ0v) is 15.5. The van der Waals surface area contributed by atoms with Crippen LogP contribution in [-0.4, -0.2) is 14.5 Å². The molecule has 0 atom stereocenters. The van der Waals surface area contributed by atoms with Crippen LogP contribution in [0.1, 0.15) is 5.82 Å². The van der Waals surface area contributed by atoms with E-state index < -0.39 is 0 Å². The Morgan fingerprint density at radius 2 is 1.48 bits per heavy atom. The molecule has 0 amide bonds. The van der Waals surface area contributed by atoms with Crippen molar-refractivity contribution in [2.45, 2.75) is 6.92 Å². The van der Waals surface area contributed by atoms with E-state index in [1.54, 1.807) is 0 Å². The van der Waals surface area contributed by atoms with Gasteiger partial charge in [-0.25, -0.2) is 9.97 Å². The third kappa shape index (κ3) is 2.59. The van der Waals surface area contributed by atoms with Gasteiger partial charge in [0.25, 0.3) is 0 Å². The van der Waals surface area contributed by atoms with Gasteiger partial charge in [0.2, 0.25) is 0 Å². The van der Waals surface area contributed by atoms with Gasteiger partial charge >= 0.3 is 0 Å². The molecule has 5 aromatic rings. The average Bonchev–Trinajstić information content (AvgIpc) is 3.02. The number of hydrogen-bond acceptors (Lipinski definition) is 2. The van der Waals surface area contributed by atoms with Crippen LogP contribution in [0.3, 0.4) is 0 Å². The van der Waals surface area contributed by atoms with E-state index in [0.29, 0.717) is 11.0 Å². The lowest BCUT2D eigenvalue weighted by Gasteiger charge is -2.07. The van der Waals surface area contributed by atoms with Crippen molar-refractivity contribution < 1.29 is 0 Å². The van der Waals surface area contributed by atoms with Crippen LogP contribution in [0.5, 0.6) is 0 Å². The molecule has 0 aliphatic heterocycles. The molecule has 0 spiro atoms. The Balaban J connectivity index is 1.91. The molecule has 2 aromatic heterocycles. The molecule has 5 rings (SSSR count). The summed E-state index contributed by atoms with van der Waals surface area (Å²) in [5.41, 5.74) is 5.27. The first-order valence-electron chi connectivity index (χ1n) is 8.81. The number of fused-ring (bicyclic) bond motifs is 3. The summed E-state index contributed by atoms with van der Waals surface area (Å²) < 4.78 is 2.15. The van der Waals surface area contributed by atoms with E-state index in [4.69, 9.17) is 16.6 Å². The van der Waals surface area contributed by atoms with Gasteiger partial charge in [0.1, 0.15) is 11.0 Å². The molecule has 0 saturated heterocycles. The fourth-order valence-corrected chi connectivity index (χ4v) is 3.92. The lowest BCUT2D eigenvalue weighted by Crippen LogP contribution is -1.97. The van der Waals surface area contributed by atoms with Crippen molar-refractivity contribution in [1.29, 1.82) is 0 Å². The molecule has 130 valence electrons. The predicted molar refractivity (Wildman–Crippen MR) is 112 cm³/mol. The third-order valence-corrected chi connectivity index (χ3v) is 5.07. The van der Waals surface area contributed by atoms with Gasteiger partial charge in [-0.1, -0.05) is 66.2 Å². The van der Waals surface area contributed by atoms with Crippen LogP contribution in [0.25, 0.3) is 38.8 Å². The molecule has 0 saturated carbocycles. The zero-order valence-electron chi connectivity index (χ0n) is 14.7. The zero-order chi connectivity index (χ0) is 18.4. The molecule has 0 N–H and O–H groups in total. The van der Waals surface area contributed by atoms with Crippen molar-refractivity contribution in [2.75, 3.05) is 0 Å². The van der Waals surface area contributed by atoms with Crippen LogP contribution in [0.2, 0.25) is 5.15 Å². The minimum atomic E-state index is 0.488. The van der Waals surface area contributed by atoms with Crippen LogP contribution < -0.4 is 0 Å². The molecule has 2 heterocycles. The fourth-order valence-electron chi connectivity index (χ4n) is 3.61. The molecule has 0 radical (unpaired) electrons. The summed E-state index contributed by atoms with van der Waals surface area (Å²) in [7, 11) is 0. The second-order valence-corrected chi connectivity index (χ2v) is 6.89. The number of hydrogen-bond donors (Lipinski definition) is 0. The van der Waals surface area contributed by atoms with Crippen molar-refractivity contribution in [2.24, 2.45) is 0 Å². The summed E-state index contributed by atoms with van der Waals surface area (Å²) in [5, 5.41) is 2.43. The molecule has 0 unspecified atom stereocenters. The van der Waals surface area contributed by atoms with Crippen molar-refractivity contribution in [1.82, 2.24) is 14.5 Å². The Bertz CT molecular complexity index is 1280. The highest BCUT2D eigenvalue weighted by Crippen LogP contribution is 2.36. The minimum absolute atomic E-state index is 0.488. The lowest BCUT2D eigenvalue weighted by atomic mass is 10.0. The number of benzene rings is 3. The number of nitrogens with zero attached hydrogens (tertiary/aromatic N) is 3. The van der Waals surface area contributed by atoms with Gasteiger partial charge < -0.3 is 0 Å². The molecular weight excluding hydrogens is 354 g/mol. The van der Waals surface area contributed by atoms with Gasteiger partial charge in [0, 0.05) is 11.1 Å². The van der Waals surface area contributed by atoms with Crippen molar-refractivity contribution in [3.05, 3.63) is 89.8 Å². The molecule has 0 aliphatic carbocycles. The van der Waals surface area contributed by atoms with E-state index in [9.17, 15) is 0 Å². The standard InChI is InChI=1S/C23H16ClN3/c1-15-25-22(24)21-19-14-17(16-8-4-2-5-9-16)12-13-20(19)27(23(21)26-15)18-10-6-3-7-11-18/h2-14H,1H3. The Labute approximate surface area is 161 Å². The van der Waals surface area contributed by atoms with Gasteiger partial charge in [0.05, 0.1) is 10.9 Å². The van der Waals surface area contributed by atoms with E-state index in [0.717, 1.165) is 33.2 Å². The first-order valence-corrected chi connectivity index (χ1v) is 9.19. The summed E-state index contributed by atoms with van der Waals surface area (Å²) >= 11 is 6.58. The first kappa shape index (κ1) is 16.0. The summed E-state index contributed by atoms with van der Waals surface area (Å²) in [6, 6.07) is 27.0. The maximum Gasteiger partial charge on any atom is 0.150 e. The molecule has 0 bridgehead atoms. The number of para-hydroxylation sites is 1. The maximum absolute atomic E-state index is 6.58. The summed E-state index contributed by atoms with van der Waals surface area (Å²) in [6.07, 6.45) is 0. The summed E-state index contributed by atoms with van der Waals surface area (Å²) in [5.74, 6) is 0.663. The second-order valence-electron chi connectivity index (χ2n) is 6.53. The molecule has 3 nitrogen and oxygen atoms in total.